The fourth-order valence-corrected chi connectivity index (χ4v) is 2.73. The van der Waals surface area contributed by atoms with Gasteiger partial charge in [0.05, 0.1) is 5.69 Å². The first-order valence-electron chi connectivity index (χ1n) is 5.72. The first-order chi connectivity index (χ1) is 8.20. The van der Waals surface area contributed by atoms with Crippen LogP contribution in [0, 0.1) is 0 Å². The van der Waals surface area contributed by atoms with Crippen molar-refractivity contribution in [3.8, 4) is 11.3 Å². The largest absolute Gasteiger partial charge is 0.375 e. The van der Waals surface area contributed by atoms with E-state index in [1.165, 1.54) is 17.7 Å². The maximum atomic E-state index is 5.89. The number of thiazole rings is 1. The summed E-state index contributed by atoms with van der Waals surface area (Å²) in [5.41, 5.74) is 7.90. The molecule has 1 aromatic carbocycles. The molecule has 0 unspecified atom stereocenters. The second kappa shape index (κ2) is 5.52. The van der Waals surface area contributed by atoms with Crippen LogP contribution >= 0.6 is 22.9 Å². The molecule has 17 heavy (non-hydrogen) atoms. The molecular formula is C13H15ClN2S. The molecule has 0 atom stereocenters. The molecule has 0 fully saturated rings. The average Bonchev–Trinajstić information content (AvgIpc) is 2.69. The molecule has 2 nitrogen and oxygen atoms in total. The zero-order valence-corrected chi connectivity index (χ0v) is 11.3. The van der Waals surface area contributed by atoms with Gasteiger partial charge in [0, 0.05) is 15.5 Å². The molecule has 0 aliphatic heterocycles. The summed E-state index contributed by atoms with van der Waals surface area (Å²) in [5.74, 6) is 0. The first kappa shape index (κ1) is 12.4. The number of nitrogens with zero attached hydrogens (tertiary/aromatic N) is 1. The smallest absolute Gasteiger partial charge is 0.180 e. The van der Waals surface area contributed by atoms with Crippen molar-refractivity contribution in [2.45, 2.75) is 26.2 Å². The Morgan fingerprint density at radius 1 is 1.29 bits per heavy atom. The van der Waals surface area contributed by atoms with Crippen LogP contribution in [0.15, 0.2) is 24.3 Å². The van der Waals surface area contributed by atoms with Crippen LogP contribution in [0.4, 0.5) is 5.13 Å². The standard InChI is InChI=1S/C13H15ClN2S/c1-2-3-4-11-12(16-13(15)17-11)9-5-7-10(14)8-6-9/h5-8H,2-4H2,1H3,(H2,15,16). The van der Waals surface area contributed by atoms with Crippen LogP contribution in [0.5, 0.6) is 0 Å². The molecule has 2 rings (SSSR count). The van der Waals surface area contributed by atoms with Gasteiger partial charge in [0.1, 0.15) is 0 Å². The van der Waals surface area contributed by atoms with E-state index in [1.54, 1.807) is 11.3 Å². The lowest BCUT2D eigenvalue weighted by atomic mass is 10.1. The van der Waals surface area contributed by atoms with Crippen molar-refractivity contribution < 1.29 is 0 Å². The van der Waals surface area contributed by atoms with E-state index in [4.69, 9.17) is 17.3 Å². The van der Waals surface area contributed by atoms with E-state index in [0.717, 1.165) is 22.7 Å². The molecule has 2 N–H and O–H groups in total. The van der Waals surface area contributed by atoms with Crippen LogP contribution in [0.2, 0.25) is 5.02 Å². The molecule has 0 radical (unpaired) electrons. The highest BCUT2D eigenvalue weighted by atomic mass is 35.5. The summed E-state index contributed by atoms with van der Waals surface area (Å²) in [6, 6.07) is 7.75. The lowest BCUT2D eigenvalue weighted by molar-refractivity contribution is 0.804. The van der Waals surface area contributed by atoms with E-state index in [1.807, 2.05) is 24.3 Å². The van der Waals surface area contributed by atoms with E-state index in [9.17, 15) is 0 Å². The number of anilines is 1. The van der Waals surface area contributed by atoms with Gasteiger partial charge in [0.25, 0.3) is 0 Å². The number of benzene rings is 1. The summed E-state index contributed by atoms with van der Waals surface area (Å²) < 4.78 is 0. The van der Waals surface area contributed by atoms with Gasteiger partial charge in [-0.25, -0.2) is 4.98 Å². The Labute approximate surface area is 110 Å². The van der Waals surface area contributed by atoms with Crippen LogP contribution in [-0.4, -0.2) is 4.98 Å². The summed E-state index contributed by atoms with van der Waals surface area (Å²) in [6.07, 6.45) is 3.39. The van der Waals surface area contributed by atoms with Gasteiger partial charge >= 0.3 is 0 Å². The average molecular weight is 267 g/mol. The summed E-state index contributed by atoms with van der Waals surface area (Å²) >= 11 is 7.47. The molecular weight excluding hydrogens is 252 g/mol. The molecule has 0 saturated heterocycles. The Bertz CT molecular complexity index is 491. The summed E-state index contributed by atoms with van der Waals surface area (Å²) in [7, 11) is 0. The Morgan fingerprint density at radius 2 is 2.00 bits per heavy atom. The molecule has 0 amide bonds. The minimum absolute atomic E-state index is 0.640. The van der Waals surface area contributed by atoms with Crippen LogP contribution in [0.1, 0.15) is 24.6 Å². The normalized spacial score (nSPS) is 10.7. The van der Waals surface area contributed by atoms with Gasteiger partial charge in [-0.2, -0.15) is 0 Å². The quantitative estimate of drug-likeness (QED) is 0.891. The highest BCUT2D eigenvalue weighted by molar-refractivity contribution is 7.15. The molecule has 1 heterocycles. The number of nitrogens with two attached hydrogens (primary N) is 1. The van der Waals surface area contributed by atoms with Crippen molar-refractivity contribution >= 4 is 28.1 Å². The fraction of sp³-hybridized carbons (Fsp3) is 0.308. The van der Waals surface area contributed by atoms with Crippen molar-refractivity contribution in [3.05, 3.63) is 34.2 Å². The second-order valence-corrected chi connectivity index (χ2v) is 5.49. The van der Waals surface area contributed by atoms with Gasteiger partial charge in [-0.3, -0.25) is 0 Å². The van der Waals surface area contributed by atoms with Crippen LogP contribution < -0.4 is 5.73 Å². The summed E-state index contributed by atoms with van der Waals surface area (Å²) in [5, 5.41) is 1.38. The first-order valence-corrected chi connectivity index (χ1v) is 6.91. The topological polar surface area (TPSA) is 38.9 Å². The van der Waals surface area contributed by atoms with Crippen molar-refractivity contribution in [2.75, 3.05) is 5.73 Å². The van der Waals surface area contributed by atoms with Crippen molar-refractivity contribution in [1.29, 1.82) is 0 Å². The number of hydrogen-bond donors (Lipinski definition) is 1. The fourth-order valence-electron chi connectivity index (χ4n) is 1.71. The Balaban J connectivity index is 2.33. The van der Waals surface area contributed by atoms with E-state index < -0.39 is 0 Å². The minimum atomic E-state index is 0.640. The molecule has 0 bridgehead atoms. The number of hydrogen-bond acceptors (Lipinski definition) is 3. The molecule has 0 aliphatic rings. The maximum Gasteiger partial charge on any atom is 0.180 e. The van der Waals surface area contributed by atoms with Crippen LogP contribution in [-0.2, 0) is 6.42 Å². The molecule has 2 aromatic rings. The zero-order chi connectivity index (χ0) is 12.3. The SMILES string of the molecule is CCCCc1sc(N)nc1-c1ccc(Cl)cc1. The van der Waals surface area contributed by atoms with E-state index in [-0.39, 0.29) is 0 Å². The highest BCUT2D eigenvalue weighted by Gasteiger charge is 2.11. The van der Waals surface area contributed by atoms with Crippen molar-refractivity contribution in [2.24, 2.45) is 0 Å². The Morgan fingerprint density at radius 3 is 2.65 bits per heavy atom. The number of halogens is 1. The van der Waals surface area contributed by atoms with Gasteiger partial charge in [0.2, 0.25) is 0 Å². The Kier molecular flexibility index (Phi) is 4.02. The number of unbranched alkanes of at least 4 members (excludes halogenated alkanes) is 1. The highest BCUT2D eigenvalue weighted by Crippen LogP contribution is 2.31. The maximum absolute atomic E-state index is 5.89. The van der Waals surface area contributed by atoms with Gasteiger partial charge in [0.15, 0.2) is 5.13 Å². The Hall–Kier alpha value is -1.06. The predicted molar refractivity (Wildman–Crippen MR) is 75.6 cm³/mol. The number of aryl methyl sites for hydroxylation is 1. The van der Waals surface area contributed by atoms with Crippen molar-refractivity contribution in [3.63, 3.8) is 0 Å². The third-order valence-corrected chi connectivity index (χ3v) is 3.79. The van der Waals surface area contributed by atoms with E-state index >= 15 is 0 Å². The minimum Gasteiger partial charge on any atom is -0.375 e. The molecule has 1 aromatic heterocycles. The van der Waals surface area contributed by atoms with Gasteiger partial charge in [-0.05, 0) is 25.0 Å². The van der Waals surface area contributed by atoms with E-state index in [0.29, 0.717) is 5.13 Å². The number of rotatable bonds is 4. The lowest BCUT2D eigenvalue weighted by Gasteiger charge is -2.01. The summed E-state index contributed by atoms with van der Waals surface area (Å²) in [6.45, 7) is 2.19. The van der Waals surface area contributed by atoms with Gasteiger partial charge in [-0.1, -0.05) is 37.1 Å². The number of aromatic nitrogens is 1. The van der Waals surface area contributed by atoms with Crippen LogP contribution in [0.3, 0.4) is 0 Å². The number of nitrogen functional groups attached to an aromatic ring is 1. The molecule has 0 spiro atoms. The molecule has 4 heteroatoms. The van der Waals surface area contributed by atoms with Crippen molar-refractivity contribution in [1.82, 2.24) is 4.98 Å². The zero-order valence-electron chi connectivity index (χ0n) is 9.74. The summed E-state index contributed by atoms with van der Waals surface area (Å²) in [4.78, 5) is 5.69. The molecule has 90 valence electrons. The monoisotopic (exact) mass is 266 g/mol. The van der Waals surface area contributed by atoms with Gasteiger partial charge < -0.3 is 5.73 Å². The third-order valence-electron chi connectivity index (χ3n) is 2.59. The second-order valence-electron chi connectivity index (χ2n) is 3.93. The van der Waals surface area contributed by atoms with Crippen LogP contribution in [0.25, 0.3) is 11.3 Å². The lowest BCUT2D eigenvalue weighted by Crippen LogP contribution is -1.87. The predicted octanol–water partition coefficient (Wildman–Crippen LogP) is 4.39. The van der Waals surface area contributed by atoms with Gasteiger partial charge in [-0.15, -0.1) is 11.3 Å². The third kappa shape index (κ3) is 2.99. The molecule has 0 saturated carbocycles. The molecule has 0 aliphatic carbocycles. The van der Waals surface area contributed by atoms with E-state index in [2.05, 4.69) is 11.9 Å².